The standard InChI is InChI=1S/C17H30N2O12/c1-6(29-15-11(18)17(28)30-10(5-22)13(15)26)16(27)31-14(12(25)9(24)4-21)8(3-20)19-7(2)23/h3,6,8-15,17,21-22,24-26,28H,4-5,18H2,1-2H3,(H,19,23)/t6?,8-,9+,10+,11+,12-,13+,14+,15+,17-/m0/s1. The first kappa shape index (κ1) is 27.3. The lowest BCUT2D eigenvalue weighted by Crippen LogP contribution is -2.63. The molecule has 1 fully saturated rings. The molecule has 31 heavy (non-hydrogen) atoms. The Morgan fingerprint density at radius 2 is 1.87 bits per heavy atom. The number of esters is 1. The van der Waals surface area contributed by atoms with Gasteiger partial charge in [-0.15, -0.1) is 0 Å². The van der Waals surface area contributed by atoms with E-state index >= 15 is 0 Å². The Balaban J connectivity index is 2.97. The maximum absolute atomic E-state index is 12.5. The highest BCUT2D eigenvalue weighted by molar-refractivity contribution is 5.78. The molecule has 0 saturated carbocycles. The van der Waals surface area contributed by atoms with E-state index in [1.54, 1.807) is 0 Å². The Kier molecular flexibility index (Phi) is 10.9. The smallest absolute Gasteiger partial charge is 0.335 e. The van der Waals surface area contributed by atoms with Crippen molar-refractivity contribution in [2.24, 2.45) is 5.73 Å². The molecule has 14 nitrogen and oxygen atoms in total. The van der Waals surface area contributed by atoms with Crippen molar-refractivity contribution in [2.75, 3.05) is 13.2 Å². The van der Waals surface area contributed by atoms with E-state index in [9.17, 15) is 39.9 Å². The summed E-state index contributed by atoms with van der Waals surface area (Å²) in [5.74, 6) is -1.89. The van der Waals surface area contributed by atoms with Gasteiger partial charge in [-0.1, -0.05) is 0 Å². The summed E-state index contributed by atoms with van der Waals surface area (Å²) in [5, 5.41) is 60.2. The first-order chi connectivity index (χ1) is 14.5. The first-order valence-electron chi connectivity index (χ1n) is 9.41. The highest BCUT2D eigenvalue weighted by Gasteiger charge is 2.45. The van der Waals surface area contributed by atoms with Gasteiger partial charge in [0.25, 0.3) is 0 Å². The van der Waals surface area contributed by atoms with Crippen LogP contribution in [0.4, 0.5) is 0 Å². The number of carbonyl (C=O) groups excluding carboxylic acids is 3. The molecule has 0 radical (unpaired) electrons. The van der Waals surface area contributed by atoms with E-state index in [2.05, 4.69) is 5.32 Å². The molecular weight excluding hydrogens is 424 g/mol. The molecule has 0 aliphatic carbocycles. The van der Waals surface area contributed by atoms with Gasteiger partial charge in [-0.2, -0.15) is 0 Å². The third kappa shape index (κ3) is 7.13. The van der Waals surface area contributed by atoms with Gasteiger partial charge in [0.2, 0.25) is 5.91 Å². The van der Waals surface area contributed by atoms with Gasteiger partial charge in [-0.05, 0) is 6.92 Å². The van der Waals surface area contributed by atoms with Crippen LogP contribution in [0.25, 0.3) is 0 Å². The third-order valence-corrected chi connectivity index (χ3v) is 4.65. The Bertz CT molecular complexity index is 608. The van der Waals surface area contributed by atoms with Gasteiger partial charge >= 0.3 is 5.97 Å². The largest absolute Gasteiger partial charge is 0.455 e. The predicted molar refractivity (Wildman–Crippen MR) is 98.9 cm³/mol. The van der Waals surface area contributed by atoms with Crippen LogP contribution in [-0.2, 0) is 28.6 Å². The normalized spacial score (nSPS) is 31.1. The van der Waals surface area contributed by atoms with Crippen molar-refractivity contribution in [2.45, 2.75) is 74.9 Å². The molecule has 1 aliphatic rings. The number of hydrogen-bond donors (Lipinski definition) is 8. The second-order valence-corrected chi connectivity index (χ2v) is 7.06. The molecule has 0 aromatic heterocycles. The van der Waals surface area contributed by atoms with Crippen LogP contribution in [0.15, 0.2) is 0 Å². The number of carbonyl (C=O) groups is 3. The lowest BCUT2D eigenvalue weighted by atomic mass is 9.97. The minimum atomic E-state index is -1.96. The van der Waals surface area contributed by atoms with E-state index in [1.165, 1.54) is 6.92 Å². The van der Waals surface area contributed by atoms with Crippen LogP contribution in [0.1, 0.15) is 13.8 Å². The molecule has 0 aromatic carbocycles. The number of amides is 1. The molecule has 0 spiro atoms. The second-order valence-electron chi connectivity index (χ2n) is 7.06. The van der Waals surface area contributed by atoms with Crippen molar-refractivity contribution in [3.8, 4) is 0 Å². The van der Waals surface area contributed by atoms with Gasteiger partial charge in [-0.3, -0.25) is 4.79 Å². The van der Waals surface area contributed by atoms with E-state index in [-0.39, 0.29) is 6.29 Å². The maximum atomic E-state index is 12.5. The number of hydrogen-bond acceptors (Lipinski definition) is 13. The molecule has 10 atom stereocenters. The maximum Gasteiger partial charge on any atom is 0.335 e. The van der Waals surface area contributed by atoms with Gasteiger partial charge < -0.3 is 60.7 Å². The summed E-state index contributed by atoms with van der Waals surface area (Å²) in [7, 11) is 0. The van der Waals surface area contributed by atoms with Gasteiger partial charge in [-0.25, -0.2) is 4.79 Å². The van der Waals surface area contributed by atoms with Crippen LogP contribution in [0.3, 0.4) is 0 Å². The summed E-state index contributed by atoms with van der Waals surface area (Å²) in [5.41, 5.74) is 5.72. The molecule has 14 heteroatoms. The fourth-order valence-electron chi connectivity index (χ4n) is 2.91. The third-order valence-electron chi connectivity index (χ3n) is 4.65. The van der Waals surface area contributed by atoms with Gasteiger partial charge in [0.05, 0.1) is 19.3 Å². The van der Waals surface area contributed by atoms with Crippen LogP contribution in [0.5, 0.6) is 0 Å². The minimum Gasteiger partial charge on any atom is -0.455 e. The Morgan fingerprint density at radius 1 is 1.26 bits per heavy atom. The number of nitrogens with two attached hydrogens (primary N) is 1. The highest BCUT2D eigenvalue weighted by atomic mass is 16.6. The Labute approximate surface area is 177 Å². The predicted octanol–water partition coefficient (Wildman–Crippen LogP) is -5.51. The summed E-state index contributed by atoms with van der Waals surface area (Å²) in [4.78, 5) is 35.1. The molecule has 0 aromatic rings. The van der Waals surface area contributed by atoms with E-state index < -0.39 is 86.2 Å². The van der Waals surface area contributed by atoms with Gasteiger partial charge in [0.15, 0.2) is 18.5 Å². The van der Waals surface area contributed by atoms with Crippen LogP contribution in [0, 0.1) is 0 Å². The minimum absolute atomic E-state index is 0.165. The van der Waals surface area contributed by atoms with Crippen molar-refractivity contribution in [1.29, 1.82) is 0 Å². The van der Waals surface area contributed by atoms with Crippen LogP contribution in [-0.4, -0.2) is 123 Å². The zero-order chi connectivity index (χ0) is 23.9. The average Bonchev–Trinajstić information content (AvgIpc) is 2.74. The van der Waals surface area contributed by atoms with Crippen molar-refractivity contribution >= 4 is 18.2 Å². The molecule has 1 unspecified atom stereocenters. The molecule has 180 valence electrons. The Morgan fingerprint density at radius 3 is 2.35 bits per heavy atom. The van der Waals surface area contributed by atoms with Crippen molar-refractivity contribution in [1.82, 2.24) is 5.32 Å². The molecule has 1 saturated heterocycles. The molecular formula is C17H30N2O12. The van der Waals surface area contributed by atoms with E-state index in [1.807, 2.05) is 0 Å². The average molecular weight is 454 g/mol. The van der Waals surface area contributed by atoms with Gasteiger partial charge in [0.1, 0.15) is 42.8 Å². The number of nitrogens with one attached hydrogen (secondary N) is 1. The summed E-state index contributed by atoms with van der Waals surface area (Å²) in [6, 6.07) is -2.87. The molecule has 1 rings (SSSR count). The highest BCUT2D eigenvalue weighted by Crippen LogP contribution is 2.23. The fourth-order valence-corrected chi connectivity index (χ4v) is 2.91. The zero-order valence-corrected chi connectivity index (χ0v) is 17.0. The fraction of sp³-hybridized carbons (Fsp3) is 0.824. The number of aldehydes is 1. The molecule has 0 bridgehead atoms. The summed E-state index contributed by atoms with van der Waals surface area (Å²) < 4.78 is 15.3. The summed E-state index contributed by atoms with van der Waals surface area (Å²) in [6.45, 7) is 0.635. The number of rotatable bonds is 11. The number of ether oxygens (including phenoxy) is 3. The molecule has 1 aliphatic heterocycles. The monoisotopic (exact) mass is 454 g/mol. The summed E-state index contributed by atoms with van der Waals surface area (Å²) in [6.07, 6.45) is -12.6. The summed E-state index contributed by atoms with van der Waals surface area (Å²) >= 11 is 0. The number of aliphatic hydroxyl groups is 6. The Hall–Kier alpha value is -1.75. The van der Waals surface area contributed by atoms with Gasteiger partial charge in [0, 0.05) is 6.92 Å². The molecule has 1 heterocycles. The lowest BCUT2D eigenvalue weighted by Gasteiger charge is -2.41. The second kappa shape index (κ2) is 12.3. The van der Waals surface area contributed by atoms with E-state index in [0.717, 1.165) is 6.92 Å². The quantitative estimate of drug-likeness (QED) is 0.107. The zero-order valence-electron chi connectivity index (χ0n) is 17.0. The topological polar surface area (TPSA) is 238 Å². The molecule has 9 N–H and O–H groups in total. The first-order valence-corrected chi connectivity index (χ1v) is 9.41. The van der Waals surface area contributed by atoms with E-state index in [4.69, 9.17) is 25.1 Å². The lowest BCUT2D eigenvalue weighted by molar-refractivity contribution is -0.264. The van der Waals surface area contributed by atoms with Crippen LogP contribution < -0.4 is 11.1 Å². The van der Waals surface area contributed by atoms with Crippen LogP contribution in [0.2, 0.25) is 0 Å². The van der Waals surface area contributed by atoms with Crippen molar-refractivity contribution < 1.29 is 59.2 Å². The van der Waals surface area contributed by atoms with Crippen molar-refractivity contribution in [3.63, 3.8) is 0 Å². The number of aliphatic hydroxyl groups excluding tert-OH is 6. The van der Waals surface area contributed by atoms with Crippen molar-refractivity contribution in [3.05, 3.63) is 0 Å². The van der Waals surface area contributed by atoms with Crippen LogP contribution >= 0.6 is 0 Å². The molecule has 1 amide bonds. The van der Waals surface area contributed by atoms with E-state index in [0.29, 0.717) is 0 Å². The SMILES string of the molecule is CC(=O)N[C@@H](C=O)[C@@H](OC(=O)C(C)O[C@@H]1[C@@H](N)[C@@H](O)O[C@H](CO)[C@H]1O)[C@@H](O)[C@H](O)CO.